The van der Waals surface area contributed by atoms with Crippen LogP contribution in [0.3, 0.4) is 0 Å². The van der Waals surface area contributed by atoms with E-state index in [0.29, 0.717) is 5.92 Å². The number of ether oxygens (including phenoxy) is 1. The maximum Gasteiger partial charge on any atom is 0.408 e. The molecule has 0 radical (unpaired) electrons. The van der Waals surface area contributed by atoms with Crippen molar-refractivity contribution < 1.29 is 14.3 Å². The van der Waals surface area contributed by atoms with E-state index in [-0.39, 0.29) is 28.9 Å². The van der Waals surface area contributed by atoms with Crippen molar-refractivity contribution in [2.24, 2.45) is 16.7 Å². The molecule has 0 aromatic rings. The lowest BCUT2D eigenvalue weighted by Crippen LogP contribution is -2.70. The summed E-state index contributed by atoms with van der Waals surface area (Å²) in [5.41, 5.74) is 0.274. The van der Waals surface area contributed by atoms with Crippen LogP contribution >= 0.6 is 22.6 Å². The Balaban J connectivity index is 1.61. The third-order valence-corrected chi connectivity index (χ3v) is 7.36. The van der Waals surface area contributed by atoms with Crippen LogP contribution < -0.4 is 10.6 Å². The second-order valence-corrected chi connectivity index (χ2v) is 8.28. The molecule has 5 unspecified atom stereocenters. The van der Waals surface area contributed by atoms with Crippen molar-refractivity contribution in [1.29, 1.82) is 0 Å². The number of rotatable bonds is 3. The Hall–Kier alpha value is -0.530. The SMILES string of the molecule is CC1(C)C2CCC1(C)C(OC(=O)NC1C(=O)NC1CI)C2. The van der Waals surface area contributed by atoms with Crippen LogP contribution in [0.4, 0.5) is 4.79 Å². The topological polar surface area (TPSA) is 67.4 Å². The highest BCUT2D eigenvalue weighted by molar-refractivity contribution is 14.1. The summed E-state index contributed by atoms with van der Waals surface area (Å²) in [7, 11) is 0. The Morgan fingerprint density at radius 3 is 2.67 bits per heavy atom. The van der Waals surface area contributed by atoms with E-state index in [0.717, 1.165) is 17.3 Å². The Bertz CT molecular complexity index is 482. The van der Waals surface area contributed by atoms with Crippen LogP contribution in [0.1, 0.15) is 40.0 Å². The van der Waals surface area contributed by atoms with Crippen LogP contribution in [-0.2, 0) is 9.53 Å². The molecule has 118 valence electrons. The zero-order valence-electron chi connectivity index (χ0n) is 12.7. The van der Waals surface area contributed by atoms with Gasteiger partial charge in [-0.1, -0.05) is 43.4 Å². The average Bonchev–Trinajstić information content (AvgIpc) is 2.75. The van der Waals surface area contributed by atoms with E-state index < -0.39 is 12.1 Å². The molecular formula is C15H23IN2O3. The van der Waals surface area contributed by atoms with E-state index in [1.54, 1.807) is 0 Å². The minimum Gasteiger partial charge on any atom is -0.446 e. The Labute approximate surface area is 139 Å². The summed E-state index contributed by atoms with van der Waals surface area (Å²) < 4.78 is 6.48. The molecule has 5 nitrogen and oxygen atoms in total. The summed E-state index contributed by atoms with van der Waals surface area (Å²) in [6, 6.07) is -0.411. The maximum absolute atomic E-state index is 12.1. The summed E-state index contributed by atoms with van der Waals surface area (Å²) in [6.07, 6.45) is 2.81. The number of amides is 2. The molecule has 3 rings (SSSR count). The van der Waals surface area contributed by atoms with Gasteiger partial charge in [0.05, 0.1) is 6.04 Å². The Morgan fingerprint density at radius 1 is 1.48 bits per heavy atom. The van der Waals surface area contributed by atoms with Crippen molar-refractivity contribution in [2.45, 2.75) is 58.2 Å². The fourth-order valence-corrected chi connectivity index (χ4v) is 5.06. The van der Waals surface area contributed by atoms with Gasteiger partial charge in [-0.15, -0.1) is 0 Å². The number of hydrogen-bond donors (Lipinski definition) is 2. The number of alkyl halides is 1. The molecule has 0 aromatic carbocycles. The van der Waals surface area contributed by atoms with E-state index in [1.807, 2.05) is 0 Å². The van der Waals surface area contributed by atoms with Gasteiger partial charge in [-0.05, 0) is 30.6 Å². The van der Waals surface area contributed by atoms with Crippen LogP contribution in [0.5, 0.6) is 0 Å². The lowest BCUT2D eigenvalue weighted by molar-refractivity contribution is -0.131. The minimum absolute atomic E-state index is 0.0257. The molecule has 1 aliphatic heterocycles. The van der Waals surface area contributed by atoms with E-state index in [1.165, 1.54) is 6.42 Å². The second kappa shape index (κ2) is 4.99. The number of fused-ring (bicyclic) bond motifs is 2. The number of hydrogen-bond acceptors (Lipinski definition) is 3. The summed E-state index contributed by atoms with van der Waals surface area (Å²) in [5, 5.41) is 5.49. The van der Waals surface area contributed by atoms with Crippen molar-refractivity contribution in [2.75, 3.05) is 4.43 Å². The molecule has 3 fully saturated rings. The van der Waals surface area contributed by atoms with Crippen molar-refractivity contribution in [1.82, 2.24) is 10.6 Å². The van der Waals surface area contributed by atoms with Crippen LogP contribution in [0.15, 0.2) is 0 Å². The van der Waals surface area contributed by atoms with Gasteiger partial charge in [0.1, 0.15) is 12.1 Å². The lowest BCUT2D eigenvalue weighted by Gasteiger charge is -2.39. The molecule has 21 heavy (non-hydrogen) atoms. The summed E-state index contributed by atoms with van der Waals surface area (Å²) >= 11 is 2.20. The van der Waals surface area contributed by atoms with Gasteiger partial charge in [0.2, 0.25) is 5.91 Å². The first kappa shape index (κ1) is 15.4. The number of carbonyl (C=O) groups is 2. The minimum atomic E-state index is -0.445. The van der Waals surface area contributed by atoms with Gasteiger partial charge in [-0.25, -0.2) is 4.79 Å². The van der Waals surface area contributed by atoms with E-state index in [4.69, 9.17) is 4.74 Å². The number of halogens is 1. The van der Waals surface area contributed by atoms with Gasteiger partial charge < -0.3 is 15.4 Å². The highest BCUT2D eigenvalue weighted by atomic mass is 127. The standard InChI is InChI=1S/C15H23IN2O3/c1-14(2)8-4-5-15(14,3)10(6-8)21-13(20)18-11-9(7-16)17-12(11)19/h8-11H,4-7H2,1-3H3,(H,17,19)(H,18,20). The smallest absolute Gasteiger partial charge is 0.408 e. The zero-order chi connectivity index (χ0) is 15.4. The van der Waals surface area contributed by atoms with E-state index in [2.05, 4.69) is 54.0 Å². The fraction of sp³-hybridized carbons (Fsp3) is 0.867. The number of nitrogens with one attached hydrogen (secondary N) is 2. The molecule has 2 aliphatic carbocycles. The predicted octanol–water partition coefficient (Wildman–Crippen LogP) is 2.23. The van der Waals surface area contributed by atoms with Gasteiger partial charge in [-0.3, -0.25) is 4.79 Å². The molecule has 5 atom stereocenters. The van der Waals surface area contributed by atoms with Gasteiger partial charge in [-0.2, -0.15) is 0 Å². The third-order valence-electron chi connectivity index (χ3n) is 6.42. The van der Waals surface area contributed by atoms with Crippen LogP contribution in [0.2, 0.25) is 0 Å². The molecule has 3 aliphatic rings. The summed E-state index contributed by atoms with van der Waals surface area (Å²) in [4.78, 5) is 23.6. The van der Waals surface area contributed by atoms with Gasteiger partial charge in [0, 0.05) is 9.84 Å². The molecule has 2 bridgehead atoms. The highest BCUT2D eigenvalue weighted by Gasteiger charge is 2.63. The van der Waals surface area contributed by atoms with E-state index in [9.17, 15) is 9.59 Å². The molecule has 1 saturated heterocycles. The lowest BCUT2D eigenvalue weighted by atomic mass is 9.70. The molecule has 0 spiro atoms. The zero-order valence-corrected chi connectivity index (χ0v) is 14.9. The van der Waals surface area contributed by atoms with Crippen molar-refractivity contribution >= 4 is 34.6 Å². The first-order valence-corrected chi connectivity index (χ1v) is 9.15. The highest BCUT2D eigenvalue weighted by Crippen LogP contribution is 2.66. The second-order valence-electron chi connectivity index (χ2n) is 7.40. The molecule has 2 saturated carbocycles. The van der Waals surface area contributed by atoms with Gasteiger partial charge >= 0.3 is 6.09 Å². The van der Waals surface area contributed by atoms with Crippen LogP contribution in [0.25, 0.3) is 0 Å². The van der Waals surface area contributed by atoms with Crippen LogP contribution in [0, 0.1) is 16.7 Å². The summed E-state index contributed by atoms with van der Waals surface area (Å²) in [6.45, 7) is 6.82. The van der Waals surface area contributed by atoms with Crippen molar-refractivity contribution in [3.63, 3.8) is 0 Å². The normalized spacial score (nSPS) is 43.1. The van der Waals surface area contributed by atoms with Gasteiger partial charge in [0.15, 0.2) is 0 Å². The molecule has 2 N–H and O–H groups in total. The largest absolute Gasteiger partial charge is 0.446 e. The molecular weight excluding hydrogens is 383 g/mol. The maximum atomic E-state index is 12.1. The monoisotopic (exact) mass is 406 g/mol. The number of β-lactam (4-membered cyclic amide) rings is 1. The number of carbonyl (C=O) groups excluding carboxylic acids is 2. The first-order valence-electron chi connectivity index (χ1n) is 7.63. The summed E-state index contributed by atoms with van der Waals surface area (Å²) in [5.74, 6) is 0.516. The molecule has 2 amide bonds. The quantitative estimate of drug-likeness (QED) is 0.429. The Morgan fingerprint density at radius 2 is 2.19 bits per heavy atom. The predicted molar refractivity (Wildman–Crippen MR) is 87.2 cm³/mol. The fourth-order valence-electron chi connectivity index (χ4n) is 4.33. The average molecular weight is 406 g/mol. The van der Waals surface area contributed by atoms with Crippen molar-refractivity contribution in [3.05, 3.63) is 0 Å². The van der Waals surface area contributed by atoms with Gasteiger partial charge in [0.25, 0.3) is 0 Å². The molecule has 6 heteroatoms. The molecule has 1 heterocycles. The first-order chi connectivity index (χ1) is 9.79. The molecule has 0 aromatic heterocycles. The Kier molecular flexibility index (Phi) is 3.65. The van der Waals surface area contributed by atoms with E-state index >= 15 is 0 Å². The van der Waals surface area contributed by atoms with Crippen molar-refractivity contribution in [3.8, 4) is 0 Å². The van der Waals surface area contributed by atoms with Crippen LogP contribution in [-0.4, -0.2) is 34.6 Å². The third kappa shape index (κ3) is 2.16. The number of alkyl carbamates (subject to hydrolysis) is 1.